The summed E-state index contributed by atoms with van der Waals surface area (Å²) >= 11 is 6.14. The summed E-state index contributed by atoms with van der Waals surface area (Å²) in [5.74, 6) is -1.32. The fourth-order valence-corrected chi connectivity index (χ4v) is 3.32. The molecule has 1 aliphatic heterocycles. The van der Waals surface area contributed by atoms with Gasteiger partial charge in [-0.3, -0.25) is 19.3 Å². The number of likely N-dealkylation sites (tertiary alicyclic amines) is 1. The number of hydrogen-bond donors (Lipinski definition) is 1. The lowest BCUT2D eigenvalue weighted by atomic mass is 9.91. The number of nitrogens with one attached hydrogen (secondary N) is 1. The number of carbonyl (C=O) groups excluding carboxylic acids is 3. The van der Waals surface area contributed by atoms with E-state index in [0.717, 1.165) is 10.5 Å². The molecule has 3 amide bonds. The van der Waals surface area contributed by atoms with Crippen molar-refractivity contribution < 1.29 is 19.1 Å². The Morgan fingerprint density at radius 1 is 1.19 bits per heavy atom. The van der Waals surface area contributed by atoms with Crippen molar-refractivity contribution in [1.82, 2.24) is 10.2 Å². The average molecular weight is 375 g/mol. The van der Waals surface area contributed by atoms with Crippen molar-refractivity contribution >= 4 is 29.3 Å². The highest BCUT2D eigenvalue weighted by Crippen LogP contribution is 2.30. The zero-order chi connectivity index (χ0) is 18.7. The van der Waals surface area contributed by atoms with Crippen LogP contribution in [0.4, 0.5) is 0 Å². The Morgan fingerprint density at radius 2 is 1.85 bits per heavy atom. The summed E-state index contributed by atoms with van der Waals surface area (Å²) in [6, 6.07) is 5.31. The minimum absolute atomic E-state index is 0.266. The van der Waals surface area contributed by atoms with Crippen LogP contribution in [0.5, 0.6) is 5.75 Å². The normalized spacial score (nSPS) is 21.1. The second-order valence-corrected chi connectivity index (χ2v) is 6.55. The number of hydrogen-bond acceptors (Lipinski definition) is 4. The van der Waals surface area contributed by atoms with E-state index < -0.39 is 11.8 Å². The molecule has 2 atom stereocenters. The summed E-state index contributed by atoms with van der Waals surface area (Å²) in [4.78, 5) is 37.8. The molecule has 6 nitrogen and oxygen atoms in total. The van der Waals surface area contributed by atoms with Crippen LogP contribution in [0.1, 0.15) is 5.56 Å². The Balaban J connectivity index is 1.53. The van der Waals surface area contributed by atoms with Crippen molar-refractivity contribution in [3.05, 3.63) is 53.1 Å². The van der Waals surface area contributed by atoms with Gasteiger partial charge >= 0.3 is 0 Å². The molecule has 7 heteroatoms. The molecule has 0 spiro atoms. The van der Waals surface area contributed by atoms with E-state index in [1.165, 1.54) is 0 Å². The predicted molar refractivity (Wildman–Crippen MR) is 96.7 cm³/mol. The lowest BCUT2D eigenvalue weighted by molar-refractivity contribution is -0.143. The maximum absolute atomic E-state index is 12.3. The van der Waals surface area contributed by atoms with Crippen LogP contribution in [0.2, 0.25) is 5.02 Å². The molecule has 1 fully saturated rings. The molecule has 0 bridgehead atoms. The molecule has 1 N–H and O–H groups in total. The molecule has 1 aromatic carbocycles. The zero-order valence-electron chi connectivity index (χ0n) is 14.3. The van der Waals surface area contributed by atoms with E-state index in [-0.39, 0.29) is 24.3 Å². The second-order valence-electron chi connectivity index (χ2n) is 6.14. The maximum Gasteiger partial charge on any atom is 0.240 e. The van der Waals surface area contributed by atoms with E-state index in [0.29, 0.717) is 23.7 Å². The number of halogens is 1. The van der Waals surface area contributed by atoms with Crippen molar-refractivity contribution in [2.75, 3.05) is 20.2 Å². The van der Waals surface area contributed by atoms with Gasteiger partial charge in [-0.05, 0) is 30.2 Å². The first-order valence-electron chi connectivity index (χ1n) is 8.30. The first kappa shape index (κ1) is 18.2. The first-order valence-corrected chi connectivity index (χ1v) is 8.68. The Bertz CT molecular complexity index is 773. The van der Waals surface area contributed by atoms with Gasteiger partial charge in [0.15, 0.2) is 0 Å². The van der Waals surface area contributed by atoms with Gasteiger partial charge < -0.3 is 10.1 Å². The molecule has 1 aromatic rings. The number of imide groups is 1. The van der Waals surface area contributed by atoms with Crippen molar-refractivity contribution in [2.24, 2.45) is 11.8 Å². The predicted octanol–water partition coefficient (Wildman–Crippen LogP) is 1.73. The Kier molecular flexibility index (Phi) is 5.42. The molecule has 1 saturated heterocycles. The second kappa shape index (κ2) is 7.74. The number of amides is 3. The molecule has 2 unspecified atom stereocenters. The number of allylic oxidation sites excluding steroid dienone is 2. The topological polar surface area (TPSA) is 75.7 Å². The van der Waals surface area contributed by atoms with Crippen LogP contribution in [0.3, 0.4) is 0 Å². The van der Waals surface area contributed by atoms with Gasteiger partial charge in [0.05, 0.1) is 18.9 Å². The van der Waals surface area contributed by atoms with Crippen LogP contribution < -0.4 is 10.1 Å². The number of fused-ring (bicyclic) bond motifs is 1. The third kappa shape index (κ3) is 3.65. The van der Waals surface area contributed by atoms with Gasteiger partial charge in [-0.1, -0.05) is 35.9 Å². The number of nitrogens with zero attached hydrogens (tertiary/aromatic N) is 1. The summed E-state index contributed by atoms with van der Waals surface area (Å²) in [5, 5.41) is 3.31. The molecule has 1 heterocycles. The molecule has 0 aromatic heterocycles. The number of rotatable bonds is 6. The molecule has 2 aliphatic rings. The van der Waals surface area contributed by atoms with Gasteiger partial charge in [-0.25, -0.2) is 0 Å². The third-order valence-electron chi connectivity index (χ3n) is 4.51. The van der Waals surface area contributed by atoms with Crippen LogP contribution in [-0.4, -0.2) is 42.8 Å². The van der Waals surface area contributed by atoms with Crippen molar-refractivity contribution in [2.45, 2.75) is 6.42 Å². The van der Waals surface area contributed by atoms with E-state index in [9.17, 15) is 14.4 Å². The fraction of sp³-hybridized carbons (Fsp3) is 0.316. The van der Waals surface area contributed by atoms with Crippen molar-refractivity contribution in [3.63, 3.8) is 0 Å². The lowest BCUT2D eigenvalue weighted by Crippen LogP contribution is -2.41. The quantitative estimate of drug-likeness (QED) is 0.769. The van der Waals surface area contributed by atoms with E-state index in [1.54, 1.807) is 43.5 Å². The summed E-state index contributed by atoms with van der Waals surface area (Å²) in [7, 11) is 1.57. The Hall–Kier alpha value is -2.60. The van der Waals surface area contributed by atoms with E-state index >= 15 is 0 Å². The number of carbonyl (C=O) groups is 3. The van der Waals surface area contributed by atoms with E-state index in [2.05, 4.69) is 5.32 Å². The van der Waals surface area contributed by atoms with Crippen molar-refractivity contribution in [3.8, 4) is 5.75 Å². The smallest absolute Gasteiger partial charge is 0.240 e. The van der Waals surface area contributed by atoms with Crippen LogP contribution >= 0.6 is 11.6 Å². The molecule has 3 rings (SSSR count). The zero-order valence-corrected chi connectivity index (χ0v) is 15.0. The summed E-state index contributed by atoms with van der Waals surface area (Å²) in [5.41, 5.74) is 0.848. The van der Waals surface area contributed by atoms with Crippen LogP contribution in [0.15, 0.2) is 42.5 Å². The molecule has 0 saturated carbocycles. The van der Waals surface area contributed by atoms with Crippen LogP contribution in [-0.2, 0) is 20.8 Å². The number of methoxy groups -OCH3 is 1. The summed E-state index contributed by atoms with van der Waals surface area (Å²) in [6.07, 6.45) is 7.41. The van der Waals surface area contributed by atoms with Gasteiger partial charge in [0.25, 0.3) is 0 Å². The van der Waals surface area contributed by atoms with Crippen molar-refractivity contribution in [1.29, 1.82) is 0 Å². The average Bonchev–Trinajstić information content (AvgIpc) is 2.88. The Labute approximate surface area is 156 Å². The highest BCUT2D eigenvalue weighted by molar-refractivity contribution is 6.31. The van der Waals surface area contributed by atoms with Gasteiger partial charge in [-0.15, -0.1) is 0 Å². The third-order valence-corrected chi connectivity index (χ3v) is 4.88. The van der Waals surface area contributed by atoms with Crippen LogP contribution in [0, 0.1) is 11.8 Å². The molecule has 136 valence electrons. The van der Waals surface area contributed by atoms with Gasteiger partial charge in [0.2, 0.25) is 17.7 Å². The van der Waals surface area contributed by atoms with Crippen LogP contribution in [0.25, 0.3) is 0 Å². The molecule has 0 radical (unpaired) electrons. The van der Waals surface area contributed by atoms with Gasteiger partial charge in [0.1, 0.15) is 12.3 Å². The molecule has 26 heavy (non-hydrogen) atoms. The van der Waals surface area contributed by atoms with E-state index in [1.807, 2.05) is 6.07 Å². The lowest BCUT2D eigenvalue weighted by Gasteiger charge is -2.14. The number of ether oxygens (including phenoxy) is 1. The largest absolute Gasteiger partial charge is 0.497 e. The maximum atomic E-state index is 12.3. The standard InChI is InChI=1S/C19H19ClN2O4/c1-26-13-6-7-16(20)12(10-13)8-9-21-17(23)11-22-18(24)14-4-2-3-5-15(14)19(22)25/h2-7,10,14-15H,8-9,11H2,1H3,(H,21,23). The molecular weight excluding hydrogens is 356 g/mol. The summed E-state index contributed by atoms with van der Waals surface area (Å²) < 4.78 is 5.16. The fourth-order valence-electron chi connectivity index (χ4n) is 3.11. The highest BCUT2D eigenvalue weighted by Gasteiger charge is 2.46. The minimum atomic E-state index is -0.490. The Morgan fingerprint density at radius 3 is 2.46 bits per heavy atom. The summed E-state index contributed by atoms with van der Waals surface area (Å²) in [6.45, 7) is 0.0762. The first-order chi connectivity index (χ1) is 12.5. The number of benzene rings is 1. The molecular formula is C19H19ClN2O4. The highest BCUT2D eigenvalue weighted by atomic mass is 35.5. The monoisotopic (exact) mass is 374 g/mol. The van der Waals surface area contributed by atoms with Gasteiger partial charge in [-0.2, -0.15) is 0 Å². The SMILES string of the molecule is COc1ccc(Cl)c(CCNC(=O)CN2C(=O)C3C=CC=CC3C2=O)c1. The molecule has 1 aliphatic carbocycles. The van der Waals surface area contributed by atoms with Gasteiger partial charge in [0, 0.05) is 11.6 Å². The van der Waals surface area contributed by atoms with E-state index in [4.69, 9.17) is 16.3 Å². The minimum Gasteiger partial charge on any atom is -0.497 e.